The van der Waals surface area contributed by atoms with Gasteiger partial charge in [0.1, 0.15) is 0 Å². The van der Waals surface area contributed by atoms with Crippen molar-refractivity contribution in [2.45, 2.75) is 76.0 Å². The zero-order valence-corrected chi connectivity index (χ0v) is 39.1. The molecule has 0 aromatic heterocycles. The van der Waals surface area contributed by atoms with Crippen LogP contribution < -0.4 is 20.6 Å². The molecular weight excluding hydrogens is 808 g/mol. The molecule has 3 aliphatic heterocycles. The lowest BCUT2D eigenvalue weighted by Crippen LogP contribution is -2.63. The van der Waals surface area contributed by atoms with E-state index in [4.69, 9.17) is 0 Å². The average Bonchev–Trinajstić information content (AvgIpc) is 3.78. The molecule has 9 aromatic rings. The van der Waals surface area contributed by atoms with Crippen molar-refractivity contribution in [1.29, 1.82) is 0 Å². The molecule has 0 radical (unpaired) electrons. The van der Waals surface area contributed by atoms with Crippen LogP contribution >= 0.6 is 0 Å². The molecule has 0 saturated heterocycles. The van der Waals surface area contributed by atoms with Crippen LogP contribution in [0, 0.1) is 0 Å². The first-order valence-corrected chi connectivity index (χ1v) is 24.5. The lowest BCUT2D eigenvalue weighted by molar-refractivity contribution is 0.332. The van der Waals surface area contributed by atoms with E-state index in [0.29, 0.717) is 0 Å². The van der Waals surface area contributed by atoms with Gasteiger partial charge in [-0.3, -0.25) is 0 Å². The van der Waals surface area contributed by atoms with E-state index in [1.54, 1.807) is 0 Å². The molecule has 67 heavy (non-hydrogen) atoms. The van der Waals surface area contributed by atoms with Gasteiger partial charge in [-0.2, -0.15) is 0 Å². The molecule has 3 aliphatic carbocycles. The fraction of sp³-hybridized carbons (Fsp3) is 0.188. The highest BCUT2D eigenvalue weighted by molar-refractivity contribution is 6.94. The van der Waals surface area contributed by atoms with E-state index >= 15 is 0 Å². The van der Waals surface area contributed by atoms with E-state index < -0.39 is 5.41 Å². The molecule has 15 rings (SSSR count). The van der Waals surface area contributed by atoms with Crippen LogP contribution in [-0.4, -0.2) is 6.85 Å². The summed E-state index contributed by atoms with van der Waals surface area (Å²) in [4.78, 5) is 5.54. The molecule has 9 aromatic carbocycles. The number of hydrogen-bond acceptors (Lipinski definition) is 2. The van der Waals surface area contributed by atoms with Crippen LogP contribution in [0.2, 0.25) is 0 Å². The Morgan fingerprint density at radius 2 is 1.03 bits per heavy atom. The second kappa shape index (κ2) is 12.5. The van der Waals surface area contributed by atoms with Crippen molar-refractivity contribution >= 4 is 57.0 Å². The zero-order valence-electron chi connectivity index (χ0n) is 39.1. The molecule has 0 unspecified atom stereocenters. The average molecular weight is 859 g/mol. The van der Waals surface area contributed by atoms with Crippen molar-refractivity contribution in [2.24, 2.45) is 0 Å². The van der Waals surface area contributed by atoms with Gasteiger partial charge in [-0.25, -0.2) is 0 Å². The summed E-state index contributed by atoms with van der Waals surface area (Å²) in [6.07, 6.45) is 2.35. The summed E-state index contributed by atoms with van der Waals surface area (Å²) in [5.74, 6) is 0. The maximum absolute atomic E-state index is 2.83. The largest absolute Gasteiger partial charge is 0.376 e. The Morgan fingerprint density at radius 1 is 0.418 bits per heavy atom. The van der Waals surface area contributed by atoms with Crippen LogP contribution in [0.4, 0.5) is 28.4 Å². The van der Waals surface area contributed by atoms with Gasteiger partial charge in [0, 0.05) is 39.0 Å². The van der Waals surface area contributed by atoms with Crippen LogP contribution in [0.25, 0.3) is 44.2 Å². The SMILES string of the molecule is CC1(C)CCC(C)(C)c2cc(N3B4c5cccc6c5N(c5ccccc5C65c6ccccc6-c6ccccc65)c5c4c(cc4ccccc54)-c4ccc5c(c43)-c3ccccc3C5(C)C)ccc21. The summed E-state index contributed by atoms with van der Waals surface area (Å²) in [5.41, 5.74) is 27.9. The summed E-state index contributed by atoms with van der Waals surface area (Å²) in [6.45, 7) is 14.6. The van der Waals surface area contributed by atoms with Gasteiger partial charge in [0.05, 0.1) is 16.8 Å². The third-order valence-corrected chi connectivity index (χ3v) is 17.7. The number of anilines is 5. The highest BCUT2D eigenvalue weighted by Gasteiger charge is 2.57. The monoisotopic (exact) mass is 858 g/mol. The Kier molecular flexibility index (Phi) is 7.08. The van der Waals surface area contributed by atoms with Gasteiger partial charge in [-0.1, -0.05) is 193 Å². The van der Waals surface area contributed by atoms with Crippen LogP contribution in [0.1, 0.15) is 98.9 Å². The normalized spacial score (nSPS) is 18.0. The molecule has 0 atom stereocenters. The van der Waals surface area contributed by atoms with E-state index in [9.17, 15) is 0 Å². The number of hydrogen-bond donors (Lipinski definition) is 0. The van der Waals surface area contributed by atoms with Gasteiger partial charge >= 0.3 is 6.85 Å². The van der Waals surface area contributed by atoms with Crippen LogP contribution in [0.5, 0.6) is 0 Å². The van der Waals surface area contributed by atoms with E-state index in [-0.39, 0.29) is 23.1 Å². The number of rotatable bonds is 1. The fourth-order valence-corrected chi connectivity index (χ4v) is 14.5. The third-order valence-electron chi connectivity index (χ3n) is 17.7. The molecule has 0 amide bonds. The first-order chi connectivity index (χ1) is 32.5. The third kappa shape index (κ3) is 4.46. The molecule has 1 spiro atoms. The topological polar surface area (TPSA) is 6.48 Å². The fourth-order valence-electron chi connectivity index (χ4n) is 14.5. The minimum absolute atomic E-state index is 0.0423. The lowest BCUT2D eigenvalue weighted by Gasteiger charge is -2.52. The van der Waals surface area contributed by atoms with Gasteiger partial charge in [-0.15, -0.1) is 0 Å². The van der Waals surface area contributed by atoms with E-state index in [0.717, 1.165) is 6.42 Å². The van der Waals surface area contributed by atoms with Crippen molar-refractivity contribution in [3.05, 3.63) is 220 Å². The lowest BCUT2D eigenvalue weighted by atomic mass is 9.42. The smallest absolute Gasteiger partial charge is 0.333 e. The molecule has 6 aliphatic rings. The summed E-state index contributed by atoms with van der Waals surface area (Å²) in [7, 11) is 0. The van der Waals surface area contributed by atoms with Gasteiger partial charge in [-0.05, 0) is 131 Å². The summed E-state index contributed by atoms with van der Waals surface area (Å²) >= 11 is 0. The molecule has 0 N–H and O–H groups in total. The molecule has 0 saturated carbocycles. The number of para-hydroxylation sites is 2. The minimum Gasteiger partial charge on any atom is -0.376 e. The predicted molar refractivity (Wildman–Crippen MR) is 281 cm³/mol. The molecule has 2 nitrogen and oxygen atoms in total. The molecule has 0 fully saturated rings. The number of benzene rings is 9. The Balaban J connectivity index is 1.14. The van der Waals surface area contributed by atoms with Gasteiger partial charge < -0.3 is 9.71 Å². The first kappa shape index (κ1) is 38.1. The second-order valence-corrected chi connectivity index (χ2v) is 22.2. The molecule has 3 heteroatoms. The minimum atomic E-state index is -0.514. The molecule has 3 heterocycles. The Morgan fingerprint density at radius 3 is 1.79 bits per heavy atom. The second-order valence-electron chi connectivity index (χ2n) is 22.2. The van der Waals surface area contributed by atoms with E-state index in [2.05, 4.69) is 227 Å². The van der Waals surface area contributed by atoms with Crippen molar-refractivity contribution in [3.63, 3.8) is 0 Å². The first-order valence-electron chi connectivity index (χ1n) is 24.5. The maximum Gasteiger partial charge on any atom is 0.333 e. The van der Waals surface area contributed by atoms with E-state index in [1.165, 1.54) is 134 Å². The van der Waals surface area contributed by atoms with Gasteiger partial charge in [0.2, 0.25) is 0 Å². The predicted octanol–water partition coefficient (Wildman–Crippen LogP) is 14.9. The van der Waals surface area contributed by atoms with Crippen LogP contribution in [0.3, 0.4) is 0 Å². The van der Waals surface area contributed by atoms with Crippen molar-refractivity contribution < 1.29 is 0 Å². The van der Waals surface area contributed by atoms with Crippen molar-refractivity contribution in [2.75, 3.05) is 9.71 Å². The number of fused-ring (bicyclic) bond motifs is 20. The Hall–Kier alpha value is -7.10. The summed E-state index contributed by atoms with van der Waals surface area (Å²) in [6, 6.07) is 68.7. The standard InChI is InChI=1S/C64H51BN2/c1-61(2)34-35-62(3,4)53-37-39(30-32-49(53)61)67-58-43(31-33-51-56(58)44-22-11-12-23-46(44)63(51,5)6)45-36-38-18-7-8-19-40(38)59-57(45)65(67)54-28-17-27-52-60(54)66(59)55-29-16-15-26-50(55)64(52)47-24-13-9-20-41(47)42-21-10-14-25-48(42)64/h7-33,36-37H,34-35H2,1-6H3. The zero-order chi connectivity index (χ0) is 44.9. The highest BCUT2D eigenvalue weighted by Crippen LogP contribution is 2.65. The maximum atomic E-state index is 2.83. The van der Waals surface area contributed by atoms with Gasteiger partial charge in [0.25, 0.3) is 0 Å². The summed E-state index contributed by atoms with van der Waals surface area (Å²) in [5, 5.41) is 2.55. The highest BCUT2D eigenvalue weighted by atomic mass is 15.2. The van der Waals surface area contributed by atoms with Crippen LogP contribution in [0.15, 0.2) is 176 Å². The Labute approximate surface area is 394 Å². The van der Waals surface area contributed by atoms with Crippen molar-refractivity contribution in [1.82, 2.24) is 0 Å². The number of nitrogens with zero attached hydrogens (tertiary/aromatic N) is 2. The molecule has 0 bridgehead atoms. The summed E-state index contributed by atoms with van der Waals surface area (Å²) < 4.78 is 0. The van der Waals surface area contributed by atoms with Crippen LogP contribution in [-0.2, 0) is 21.7 Å². The van der Waals surface area contributed by atoms with Crippen molar-refractivity contribution in [3.8, 4) is 33.4 Å². The Bertz CT molecular complexity index is 3670. The molecular formula is C64H51BN2. The van der Waals surface area contributed by atoms with Gasteiger partial charge in [0.15, 0.2) is 0 Å². The quantitative estimate of drug-likeness (QED) is 0.152. The van der Waals surface area contributed by atoms with E-state index in [1.807, 2.05) is 0 Å². The molecule has 320 valence electrons.